The summed E-state index contributed by atoms with van der Waals surface area (Å²) in [6.45, 7) is 0. The zero-order chi connectivity index (χ0) is 14.1. The van der Waals surface area contributed by atoms with Gasteiger partial charge in [-0.25, -0.2) is 14.4 Å². The number of aromatic nitrogens is 3. The van der Waals surface area contributed by atoms with Crippen molar-refractivity contribution in [2.24, 2.45) is 0 Å². The Kier molecular flexibility index (Phi) is 3.40. The van der Waals surface area contributed by atoms with E-state index < -0.39 is 0 Å². The molecule has 0 aliphatic rings. The first-order valence-corrected chi connectivity index (χ1v) is 7.19. The van der Waals surface area contributed by atoms with E-state index in [9.17, 15) is 4.39 Å². The Hall–Kier alpha value is -1.95. The molecule has 3 aromatic rings. The molecule has 0 unspecified atom stereocenters. The number of hydrogen-bond acceptors (Lipinski definition) is 3. The second kappa shape index (κ2) is 5.20. The zero-order valence-corrected chi connectivity index (χ0v) is 12.4. The molecule has 0 bridgehead atoms. The van der Waals surface area contributed by atoms with Gasteiger partial charge in [-0.2, -0.15) is 0 Å². The third-order valence-corrected chi connectivity index (χ3v) is 3.82. The lowest BCUT2D eigenvalue weighted by molar-refractivity contribution is 0.627. The number of alkyl halides is 1. The van der Waals surface area contributed by atoms with Crippen molar-refractivity contribution >= 4 is 38.5 Å². The van der Waals surface area contributed by atoms with Crippen molar-refractivity contribution < 1.29 is 4.39 Å². The maximum absolute atomic E-state index is 14.1. The Balaban J connectivity index is 2.12. The Morgan fingerprint density at radius 2 is 2.15 bits per heavy atom. The average Bonchev–Trinajstić information content (AvgIpc) is 2.95. The Bertz CT molecular complexity index is 756. The number of nitrogens with zero attached hydrogens (tertiary/aromatic N) is 3. The third kappa shape index (κ3) is 2.16. The first kappa shape index (κ1) is 13.1. The highest BCUT2D eigenvalue weighted by molar-refractivity contribution is 9.08. The van der Waals surface area contributed by atoms with Gasteiger partial charge in [-0.3, -0.25) is 0 Å². The van der Waals surface area contributed by atoms with Gasteiger partial charge in [0, 0.05) is 18.6 Å². The molecule has 6 heteroatoms. The number of halogens is 2. The topological polar surface area (TPSA) is 44.8 Å². The van der Waals surface area contributed by atoms with E-state index in [0.29, 0.717) is 16.8 Å². The number of nitrogens with one attached hydrogen (secondary N) is 1. The molecule has 0 saturated heterocycles. The van der Waals surface area contributed by atoms with Gasteiger partial charge in [-0.05, 0) is 23.8 Å². The second-order valence-corrected chi connectivity index (χ2v) is 4.98. The SMILES string of the molecule is CN(c1cc(CBr)ccc1F)c1ncnc2[nH]ccc12. The van der Waals surface area contributed by atoms with Gasteiger partial charge in [0.15, 0.2) is 0 Å². The van der Waals surface area contributed by atoms with Gasteiger partial charge in [0.25, 0.3) is 0 Å². The lowest BCUT2D eigenvalue weighted by atomic mass is 10.2. The van der Waals surface area contributed by atoms with Crippen molar-refractivity contribution in [3.8, 4) is 0 Å². The highest BCUT2D eigenvalue weighted by Gasteiger charge is 2.14. The minimum Gasteiger partial charge on any atom is -0.346 e. The number of anilines is 2. The van der Waals surface area contributed by atoms with Crippen LogP contribution in [0, 0.1) is 5.82 Å². The molecular weight excluding hydrogens is 323 g/mol. The van der Waals surface area contributed by atoms with Gasteiger partial charge in [-0.15, -0.1) is 0 Å². The molecule has 3 rings (SSSR count). The van der Waals surface area contributed by atoms with Crippen LogP contribution in [0.5, 0.6) is 0 Å². The highest BCUT2D eigenvalue weighted by atomic mass is 79.9. The molecule has 2 aromatic heterocycles. The number of rotatable bonds is 3. The average molecular weight is 335 g/mol. The summed E-state index contributed by atoms with van der Waals surface area (Å²) in [5, 5.41) is 1.54. The predicted molar refractivity (Wildman–Crippen MR) is 81.0 cm³/mol. The van der Waals surface area contributed by atoms with Gasteiger partial charge in [0.05, 0.1) is 11.1 Å². The van der Waals surface area contributed by atoms with E-state index in [4.69, 9.17) is 0 Å². The van der Waals surface area contributed by atoms with E-state index in [-0.39, 0.29) is 5.82 Å². The molecule has 1 aromatic carbocycles. The third-order valence-electron chi connectivity index (χ3n) is 3.18. The summed E-state index contributed by atoms with van der Waals surface area (Å²) in [6, 6.07) is 6.92. The van der Waals surface area contributed by atoms with Crippen LogP contribution in [-0.2, 0) is 5.33 Å². The van der Waals surface area contributed by atoms with E-state index in [2.05, 4.69) is 30.9 Å². The molecule has 0 aliphatic heterocycles. The molecule has 0 atom stereocenters. The van der Waals surface area contributed by atoms with Crippen LogP contribution in [0.2, 0.25) is 0 Å². The van der Waals surface area contributed by atoms with Crippen LogP contribution in [0.3, 0.4) is 0 Å². The lowest BCUT2D eigenvalue weighted by Gasteiger charge is -2.20. The van der Waals surface area contributed by atoms with Gasteiger partial charge >= 0.3 is 0 Å². The maximum Gasteiger partial charge on any atom is 0.146 e. The monoisotopic (exact) mass is 334 g/mol. The van der Waals surface area contributed by atoms with Crippen LogP contribution < -0.4 is 4.90 Å². The molecule has 0 amide bonds. The number of fused-ring (bicyclic) bond motifs is 1. The van der Waals surface area contributed by atoms with Crippen LogP contribution in [0.1, 0.15) is 5.56 Å². The molecule has 1 N–H and O–H groups in total. The van der Waals surface area contributed by atoms with Gasteiger partial charge in [0.2, 0.25) is 0 Å². The van der Waals surface area contributed by atoms with Crippen molar-refractivity contribution in [2.45, 2.75) is 5.33 Å². The first-order valence-electron chi connectivity index (χ1n) is 6.07. The second-order valence-electron chi connectivity index (χ2n) is 4.42. The number of hydrogen-bond donors (Lipinski definition) is 1. The van der Waals surface area contributed by atoms with Crippen molar-refractivity contribution in [2.75, 3.05) is 11.9 Å². The molecule has 20 heavy (non-hydrogen) atoms. The molecule has 4 nitrogen and oxygen atoms in total. The molecule has 0 radical (unpaired) electrons. The number of aromatic amines is 1. The van der Waals surface area contributed by atoms with E-state index in [1.54, 1.807) is 24.2 Å². The highest BCUT2D eigenvalue weighted by Crippen LogP contribution is 2.30. The maximum atomic E-state index is 14.1. The Morgan fingerprint density at radius 3 is 2.95 bits per heavy atom. The van der Waals surface area contributed by atoms with Gasteiger partial charge in [-0.1, -0.05) is 22.0 Å². The summed E-state index contributed by atoms with van der Waals surface area (Å²) >= 11 is 3.38. The van der Waals surface area contributed by atoms with E-state index in [1.807, 2.05) is 12.1 Å². The van der Waals surface area contributed by atoms with Gasteiger partial charge in [0.1, 0.15) is 23.6 Å². The van der Waals surface area contributed by atoms with Crippen LogP contribution in [-0.4, -0.2) is 22.0 Å². The molecule has 2 heterocycles. The fourth-order valence-corrected chi connectivity index (χ4v) is 2.49. The summed E-state index contributed by atoms with van der Waals surface area (Å²) in [7, 11) is 1.80. The number of H-pyrrole nitrogens is 1. The van der Waals surface area contributed by atoms with E-state index in [1.165, 1.54) is 12.4 Å². The molecule has 0 fully saturated rings. The van der Waals surface area contributed by atoms with Crippen molar-refractivity contribution in [3.05, 3.63) is 48.2 Å². The molecular formula is C14H12BrFN4. The minimum atomic E-state index is -0.278. The summed E-state index contributed by atoms with van der Waals surface area (Å²) in [5.74, 6) is 0.390. The summed E-state index contributed by atoms with van der Waals surface area (Å²) in [5.41, 5.74) is 2.23. The first-order chi connectivity index (χ1) is 9.70. The Labute approximate surface area is 123 Å². The predicted octanol–water partition coefficient (Wildman–Crippen LogP) is 3.76. The number of benzene rings is 1. The van der Waals surface area contributed by atoms with E-state index in [0.717, 1.165) is 16.6 Å². The smallest absolute Gasteiger partial charge is 0.146 e. The molecule has 0 aliphatic carbocycles. The summed E-state index contributed by atoms with van der Waals surface area (Å²) in [4.78, 5) is 13.2. The van der Waals surface area contributed by atoms with Crippen molar-refractivity contribution in [3.63, 3.8) is 0 Å². The van der Waals surface area contributed by atoms with Crippen molar-refractivity contribution in [1.82, 2.24) is 15.0 Å². The Morgan fingerprint density at radius 1 is 1.30 bits per heavy atom. The van der Waals surface area contributed by atoms with Crippen molar-refractivity contribution in [1.29, 1.82) is 0 Å². The summed E-state index contributed by atoms with van der Waals surface area (Å²) in [6.07, 6.45) is 3.26. The molecule has 0 spiro atoms. The standard InChI is InChI=1S/C14H12BrFN4/c1-20(12-6-9(7-15)2-3-11(12)16)14-10-4-5-17-13(10)18-8-19-14/h2-6,8H,7H2,1H3,(H,17,18,19). The fourth-order valence-electron chi connectivity index (χ4n) is 2.14. The molecule has 0 saturated carbocycles. The largest absolute Gasteiger partial charge is 0.346 e. The quantitative estimate of drug-likeness (QED) is 0.741. The van der Waals surface area contributed by atoms with Gasteiger partial charge < -0.3 is 9.88 Å². The van der Waals surface area contributed by atoms with Crippen LogP contribution >= 0.6 is 15.9 Å². The summed E-state index contributed by atoms with van der Waals surface area (Å²) < 4.78 is 14.1. The van der Waals surface area contributed by atoms with E-state index >= 15 is 0 Å². The van der Waals surface area contributed by atoms with Crippen LogP contribution in [0.15, 0.2) is 36.8 Å². The van der Waals surface area contributed by atoms with Crippen LogP contribution in [0.4, 0.5) is 15.9 Å². The van der Waals surface area contributed by atoms with Crippen LogP contribution in [0.25, 0.3) is 11.0 Å². The zero-order valence-electron chi connectivity index (χ0n) is 10.8. The minimum absolute atomic E-state index is 0.278. The lowest BCUT2D eigenvalue weighted by Crippen LogP contribution is -2.13. The molecule has 102 valence electrons. The fraction of sp³-hybridized carbons (Fsp3) is 0.143. The normalized spacial score (nSPS) is 10.9.